The van der Waals surface area contributed by atoms with E-state index in [4.69, 9.17) is 4.98 Å². The Labute approximate surface area is 149 Å². The van der Waals surface area contributed by atoms with Crippen LogP contribution < -0.4 is 5.32 Å². The standard InChI is InChI=1S/C19H17N5S/c1-11-10-14(23-19-21-12(2)20-13(3)22-19)8-9-15(11)18-24-16-6-4-5-7-17(16)25-18/h4-10H,1-3H3,(H,20,21,22,23). The molecule has 0 fully saturated rings. The number of aromatic nitrogens is 4. The lowest BCUT2D eigenvalue weighted by Gasteiger charge is -2.09. The zero-order chi connectivity index (χ0) is 17.4. The summed E-state index contributed by atoms with van der Waals surface area (Å²) in [6.07, 6.45) is 0. The third-order valence-electron chi connectivity index (χ3n) is 3.87. The van der Waals surface area contributed by atoms with Crippen molar-refractivity contribution >= 4 is 33.2 Å². The summed E-state index contributed by atoms with van der Waals surface area (Å²) in [5.41, 5.74) is 4.30. The van der Waals surface area contributed by atoms with Crippen LogP contribution >= 0.6 is 11.3 Å². The summed E-state index contributed by atoms with van der Waals surface area (Å²) in [6, 6.07) is 14.4. The van der Waals surface area contributed by atoms with Crippen molar-refractivity contribution in [2.75, 3.05) is 5.32 Å². The van der Waals surface area contributed by atoms with E-state index in [9.17, 15) is 0 Å². The van der Waals surface area contributed by atoms with Gasteiger partial charge in [-0.25, -0.2) is 9.97 Å². The maximum Gasteiger partial charge on any atom is 0.230 e. The van der Waals surface area contributed by atoms with Crippen molar-refractivity contribution in [3.63, 3.8) is 0 Å². The van der Waals surface area contributed by atoms with Gasteiger partial charge in [-0.2, -0.15) is 9.97 Å². The molecule has 0 radical (unpaired) electrons. The summed E-state index contributed by atoms with van der Waals surface area (Å²) in [4.78, 5) is 17.6. The second-order valence-corrected chi connectivity index (χ2v) is 6.93. The molecule has 0 aliphatic heterocycles. The molecule has 4 aromatic rings. The highest BCUT2D eigenvalue weighted by Crippen LogP contribution is 2.33. The van der Waals surface area contributed by atoms with Crippen LogP contribution in [0.5, 0.6) is 0 Å². The summed E-state index contributed by atoms with van der Waals surface area (Å²) >= 11 is 1.71. The second kappa shape index (κ2) is 6.22. The molecule has 0 bridgehead atoms. The Morgan fingerprint density at radius 1 is 0.840 bits per heavy atom. The maximum atomic E-state index is 4.75. The smallest absolute Gasteiger partial charge is 0.230 e. The number of nitrogens with one attached hydrogen (secondary N) is 1. The number of aryl methyl sites for hydroxylation is 3. The molecule has 2 aromatic heterocycles. The molecule has 0 aliphatic carbocycles. The average molecular weight is 347 g/mol. The van der Waals surface area contributed by atoms with E-state index in [1.165, 1.54) is 4.70 Å². The molecule has 124 valence electrons. The monoisotopic (exact) mass is 347 g/mol. The molecule has 0 aliphatic rings. The molecule has 0 unspecified atom stereocenters. The first kappa shape index (κ1) is 15.7. The number of para-hydroxylation sites is 1. The van der Waals surface area contributed by atoms with Crippen LogP contribution in [-0.4, -0.2) is 19.9 Å². The summed E-state index contributed by atoms with van der Waals surface area (Å²) in [5.74, 6) is 1.98. The summed E-state index contributed by atoms with van der Waals surface area (Å²) in [5, 5.41) is 4.29. The molecule has 2 heterocycles. The van der Waals surface area contributed by atoms with Crippen LogP contribution in [0.2, 0.25) is 0 Å². The molecule has 25 heavy (non-hydrogen) atoms. The molecule has 0 saturated carbocycles. The number of hydrogen-bond donors (Lipinski definition) is 1. The van der Waals surface area contributed by atoms with E-state index in [0.717, 1.165) is 27.3 Å². The molecule has 6 heteroatoms. The predicted octanol–water partition coefficient (Wildman–Crippen LogP) is 4.82. The van der Waals surface area contributed by atoms with Crippen LogP contribution in [0.15, 0.2) is 42.5 Å². The number of anilines is 2. The summed E-state index contributed by atoms with van der Waals surface area (Å²) < 4.78 is 1.20. The Morgan fingerprint density at radius 3 is 2.32 bits per heavy atom. The topological polar surface area (TPSA) is 63.6 Å². The molecule has 0 atom stereocenters. The largest absolute Gasteiger partial charge is 0.324 e. The lowest BCUT2D eigenvalue weighted by Crippen LogP contribution is -2.03. The quantitative estimate of drug-likeness (QED) is 0.576. The number of thiazole rings is 1. The lowest BCUT2D eigenvalue weighted by atomic mass is 10.1. The van der Waals surface area contributed by atoms with Gasteiger partial charge in [0, 0.05) is 11.3 Å². The Hall–Kier alpha value is -2.86. The lowest BCUT2D eigenvalue weighted by molar-refractivity contribution is 0.928. The van der Waals surface area contributed by atoms with Crippen LogP contribution in [0.25, 0.3) is 20.8 Å². The van der Waals surface area contributed by atoms with Crippen molar-refractivity contribution in [2.24, 2.45) is 0 Å². The minimum Gasteiger partial charge on any atom is -0.324 e. The number of benzene rings is 2. The van der Waals surface area contributed by atoms with Gasteiger partial charge >= 0.3 is 0 Å². The number of nitrogens with zero attached hydrogens (tertiary/aromatic N) is 4. The van der Waals surface area contributed by atoms with E-state index < -0.39 is 0 Å². The van der Waals surface area contributed by atoms with E-state index in [-0.39, 0.29) is 0 Å². The average Bonchev–Trinajstić information content (AvgIpc) is 2.97. The van der Waals surface area contributed by atoms with Crippen molar-refractivity contribution in [2.45, 2.75) is 20.8 Å². The Morgan fingerprint density at radius 2 is 1.60 bits per heavy atom. The zero-order valence-electron chi connectivity index (χ0n) is 14.2. The highest BCUT2D eigenvalue weighted by molar-refractivity contribution is 7.21. The number of rotatable bonds is 3. The summed E-state index contributed by atoms with van der Waals surface area (Å²) in [6.45, 7) is 5.82. The van der Waals surface area contributed by atoms with E-state index >= 15 is 0 Å². The fourth-order valence-electron chi connectivity index (χ4n) is 2.77. The van der Waals surface area contributed by atoms with E-state index in [1.54, 1.807) is 11.3 Å². The highest BCUT2D eigenvalue weighted by Gasteiger charge is 2.10. The van der Waals surface area contributed by atoms with E-state index in [0.29, 0.717) is 17.6 Å². The highest BCUT2D eigenvalue weighted by atomic mass is 32.1. The molecular weight excluding hydrogens is 330 g/mol. The van der Waals surface area contributed by atoms with Gasteiger partial charge in [0.05, 0.1) is 10.2 Å². The van der Waals surface area contributed by atoms with E-state index in [1.807, 2.05) is 38.1 Å². The molecule has 2 aromatic carbocycles. The zero-order valence-corrected chi connectivity index (χ0v) is 15.1. The van der Waals surface area contributed by atoms with Gasteiger partial charge in [0.25, 0.3) is 0 Å². The van der Waals surface area contributed by atoms with Crippen LogP contribution in [0.1, 0.15) is 17.2 Å². The molecule has 4 rings (SSSR count). The van der Waals surface area contributed by atoms with Gasteiger partial charge in [-0.05, 0) is 56.7 Å². The Kier molecular flexibility index (Phi) is 3.89. The Bertz CT molecular complexity index is 1020. The molecule has 0 spiro atoms. The van der Waals surface area contributed by atoms with Crippen LogP contribution in [0.4, 0.5) is 11.6 Å². The van der Waals surface area contributed by atoms with Crippen LogP contribution in [-0.2, 0) is 0 Å². The fourth-order valence-corrected chi connectivity index (χ4v) is 3.83. The number of hydrogen-bond acceptors (Lipinski definition) is 6. The van der Waals surface area contributed by atoms with Gasteiger partial charge in [-0.1, -0.05) is 12.1 Å². The first-order valence-electron chi connectivity index (χ1n) is 8.01. The SMILES string of the molecule is Cc1nc(C)nc(Nc2ccc(-c3nc4ccccc4s3)c(C)c2)n1. The first-order chi connectivity index (χ1) is 12.1. The van der Waals surface area contributed by atoms with Gasteiger partial charge in [-0.3, -0.25) is 0 Å². The fraction of sp³-hybridized carbons (Fsp3) is 0.158. The minimum absolute atomic E-state index is 0.567. The second-order valence-electron chi connectivity index (χ2n) is 5.89. The molecule has 5 nitrogen and oxygen atoms in total. The van der Waals surface area contributed by atoms with Gasteiger partial charge in [0.2, 0.25) is 5.95 Å². The third-order valence-corrected chi connectivity index (χ3v) is 4.94. The van der Waals surface area contributed by atoms with Crippen LogP contribution in [0.3, 0.4) is 0 Å². The number of fused-ring (bicyclic) bond motifs is 1. The van der Waals surface area contributed by atoms with Crippen molar-refractivity contribution in [1.82, 2.24) is 19.9 Å². The van der Waals surface area contributed by atoms with Crippen molar-refractivity contribution in [1.29, 1.82) is 0 Å². The van der Waals surface area contributed by atoms with Crippen molar-refractivity contribution in [3.8, 4) is 10.6 Å². The molecular formula is C19H17N5S. The van der Waals surface area contributed by atoms with Gasteiger partial charge in [-0.15, -0.1) is 11.3 Å². The normalized spacial score (nSPS) is 11.0. The van der Waals surface area contributed by atoms with Gasteiger partial charge < -0.3 is 5.32 Å². The molecule has 1 N–H and O–H groups in total. The third kappa shape index (κ3) is 3.21. The maximum absolute atomic E-state index is 4.75. The predicted molar refractivity (Wildman–Crippen MR) is 102 cm³/mol. The van der Waals surface area contributed by atoms with Gasteiger partial charge in [0.1, 0.15) is 16.7 Å². The van der Waals surface area contributed by atoms with Gasteiger partial charge in [0.15, 0.2) is 0 Å². The minimum atomic E-state index is 0.567. The van der Waals surface area contributed by atoms with E-state index in [2.05, 4.69) is 45.4 Å². The van der Waals surface area contributed by atoms with Crippen LogP contribution in [0, 0.1) is 20.8 Å². The summed E-state index contributed by atoms with van der Waals surface area (Å²) in [7, 11) is 0. The Balaban J connectivity index is 1.66. The molecule has 0 amide bonds. The molecule has 0 saturated heterocycles. The van der Waals surface area contributed by atoms with Crippen molar-refractivity contribution < 1.29 is 0 Å². The first-order valence-corrected chi connectivity index (χ1v) is 8.83. The van der Waals surface area contributed by atoms with Crippen molar-refractivity contribution in [3.05, 3.63) is 59.7 Å².